The van der Waals surface area contributed by atoms with Crippen LogP contribution in [0, 0.1) is 0 Å². The Hall–Kier alpha value is -1.95. The van der Waals surface area contributed by atoms with Crippen LogP contribution >= 0.6 is 0 Å². The number of pyridine rings is 1. The average molecular weight is 285 g/mol. The zero-order valence-corrected chi connectivity index (χ0v) is 12.2. The van der Waals surface area contributed by atoms with E-state index in [9.17, 15) is 4.79 Å². The quantitative estimate of drug-likeness (QED) is 0.820. The van der Waals surface area contributed by atoms with E-state index in [2.05, 4.69) is 26.8 Å². The van der Waals surface area contributed by atoms with Crippen molar-refractivity contribution < 1.29 is 0 Å². The van der Waals surface area contributed by atoms with Crippen LogP contribution in [0.2, 0.25) is 0 Å². The SMILES string of the molecule is CN1CCN(c2ncnc3c2ccc(=O)n3C2CC2)CC1. The monoisotopic (exact) mass is 285 g/mol. The molecule has 6 heteroatoms. The van der Waals surface area contributed by atoms with Gasteiger partial charge in [-0.3, -0.25) is 9.36 Å². The summed E-state index contributed by atoms with van der Waals surface area (Å²) in [6, 6.07) is 3.87. The third-order valence-electron chi connectivity index (χ3n) is 4.41. The number of piperazine rings is 1. The summed E-state index contributed by atoms with van der Waals surface area (Å²) in [6.45, 7) is 4.00. The van der Waals surface area contributed by atoms with Gasteiger partial charge >= 0.3 is 0 Å². The molecule has 0 bridgehead atoms. The molecule has 2 aromatic heterocycles. The second kappa shape index (κ2) is 4.80. The van der Waals surface area contributed by atoms with Crippen molar-refractivity contribution >= 4 is 16.9 Å². The number of hydrogen-bond donors (Lipinski definition) is 0. The molecule has 2 aromatic rings. The van der Waals surface area contributed by atoms with Gasteiger partial charge in [0.05, 0.1) is 5.39 Å². The van der Waals surface area contributed by atoms with Gasteiger partial charge in [0.25, 0.3) is 5.56 Å². The summed E-state index contributed by atoms with van der Waals surface area (Å²) >= 11 is 0. The van der Waals surface area contributed by atoms with Crippen molar-refractivity contribution in [3.8, 4) is 0 Å². The van der Waals surface area contributed by atoms with E-state index in [4.69, 9.17) is 0 Å². The summed E-state index contributed by atoms with van der Waals surface area (Å²) < 4.78 is 1.84. The molecule has 0 N–H and O–H groups in total. The molecule has 0 aromatic carbocycles. The summed E-state index contributed by atoms with van der Waals surface area (Å²) in [5, 5.41) is 0.994. The van der Waals surface area contributed by atoms with Crippen LogP contribution in [0.3, 0.4) is 0 Å². The number of aromatic nitrogens is 3. The number of rotatable bonds is 2. The predicted molar refractivity (Wildman–Crippen MR) is 81.8 cm³/mol. The van der Waals surface area contributed by atoms with E-state index in [1.54, 1.807) is 12.4 Å². The fourth-order valence-electron chi connectivity index (χ4n) is 3.01. The molecule has 2 aliphatic rings. The maximum absolute atomic E-state index is 12.1. The number of hydrogen-bond acceptors (Lipinski definition) is 5. The molecule has 4 rings (SSSR count). The molecule has 0 unspecified atom stereocenters. The van der Waals surface area contributed by atoms with E-state index in [1.165, 1.54) is 0 Å². The molecule has 1 aliphatic carbocycles. The Bertz CT molecular complexity index is 728. The lowest BCUT2D eigenvalue weighted by Crippen LogP contribution is -2.45. The van der Waals surface area contributed by atoms with Crippen LogP contribution in [-0.2, 0) is 0 Å². The maximum atomic E-state index is 12.1. The molecule has 0 spiro atoms. The molecule has 1 saturated carbocycles. The molecule has 2 fully saturated rings. The lowest BCUT2D eigenvalue weighted by molar-refractivity contribution is 0.312. The number of anilines is 1. The summed E-state index contributed by atoms with van der Waals surface area (Å²) in [4.78, 5) is 25.6. The highest BCUT2D eigenvalue weighted by Crippen LogP contribution is 2.36. The fraction of sp³-hybridized carbons (Fsp3) is 0.533. The van der Waals surface area contributed by atoms with Crippen molar-refractivity contribution in [2.75, 3.05) is 38.1 Å². The van der Waals surface area contributed by atoms with Crippen molar-refractivity contribution in [2.45, 2.75) is 18.9 Å². The lowest BCUT2D eigenvalue weighted by atomic mass is 10.2. The van der Waals surface area contributed by atoms with Gasteiger partial charge in [-0.1, -0.05) is 0 Å². The number of fused-ring (bicyclic) bond motifs is 1. The Morgan fingerprint density at radius 1 is 1.10 bits per heavy atom. The zero-order valence-electron chi connectivity index (χ0n) is 12.2. The maximum Gasteiger partial charge on any atom is 0.252 e. The second-order valence-corrected chi connectivity index (χ2v) is 6.00. The van der Waals surface area contributed by atoms with Crippen molar-refractivity contribution in [3.63, 3.8) is 0 Å². The normalized spacial score (nSPS) is 20.1. The molecular weight excluding hydrogens is 266 g/mol. The first-order valence-corrected chi connectivity index (χ1v) is 7.54. The van der Waals surface area contributed by atoms with Gasteiger partial charge in [0, 0.05) is 38.3 Å². The van der Waals surface area contributed by atoms with Gasteiger partial charge in [-0.15, -0.1) is 0 Å². The first-order chi connectivity index (χ1) is 10.2. The van der Waals surface area contributed by atoms with Gasteiger partial charge in [0.1, 0.15) is 17.8 Å². The third-order valence-corrected chi connectivity index (χ3v) is 4.41. The summed E-state index contributed by atoms with van der Waals surface area (Å²) in [5.74, 6) is 0.961. The third kappa shape index (κ3) is 2.19. The largest absolute Gasteiger partial charge is 0.353 e. The van der Waals surface area contributed by atoms with E-state index in [1.807, 2.05) is 10.6 Å². The van der Waals surface area contributed by atoms with Crippen molar-refractivity contribution in [1.82, 2.24) is 19.4 Å². The molecule has 1 aliphatic heterocycles. The fourth-order valence-corrected chi connectivity index (χ4v) is 3.01. The van der Waals surface area contributed by atoms with Crippen molar-refractivity contribution in [2.24, 2.45) is 0 Å². The Balaban J connectivity index is 1.83. The van der Waals surface area contributed by atoms with Gasteiger partial charge in [-0.25, -0.2) is 9.97 Å². The van der Waals surface area contributed by atoms with Crippen molar-refractivity contribution in [1.29, 1.82) is 0 Å². The molecule has 0 radical (unpaired) electrons. The summed E-state index contributed by atoms with van der Waals surface area (Å²) in [7, 11) is 2.14. The first kappa shape index (κ1) is 12.8. The highest BCUT2D eigenvalue weighted by atomic mass is 16.1. The molecule has 0 amide bonds. The second-order valence-electron chi connectivity index (χ2n) is 6.00. The van der Waals surface area contributed by atoms with Crippen molar-refractivity contribution in [3.05, 3.63) is 28.8 Å². The van der Waals surface area contributed by atoms with Crippen LogP contribution in [0.1, 0.15) is 18.9 Å². The van der Waals surface area contributed by atoms with Gasteiger partial charge in [0.15, 0.2) is 0 Å². The van der Waals surface area contributed by atoms with E-state index in [0.29, 0.717) is 6.04 Å². The minimum atomic E-state index is 0.0491. The topological polar surface area (TPSA) is 54.3 Å². The van der Waals surface area contributed by atoms with Gasteiger partial charge in [0.2, 0.25) is 0 Å². The van der Waals surface area contributed by atoms with E-state index >= 15 is 0 Å². The van der Waals surface area contributed by atoms with E-state index < -0.39 is 0 Å². The van der Waals surface area contributed by atoms with Crippen LogP contribution in [0.25, 0.3) is 11.0 Å². The average Bonchev–Trinajstić information content (AvgIpc) is 3.32. The highest BCUT2D eigenvalue weighted by molar-refractivity contribution is 5.87. The van der Waals surface area contributed by atoms with E-state index in [0.717, 1.165) is 55.9 Å². The molecule has 21 heavy (non-hydrogen) atoms. The standard InChI is InChI=1S/C15H19N5O/c1-18-6-8-19(9-7-18)14-12-4-5-13(21)20(11-2-3-11)15(12)17-10-16-14/h4-5,10-11H,2-3,6-9H2,1H3. The molecule has 6 nitrogen and oxygen atoms in total. The highest BCUT2D eigenvalue weighted by Gasteiger charge is 2.27. The minimum Gasteiger partial charge on any atom is -0.353 e. The van der Waals surface area contributed by atoms with Gasteiger partial charge < -0.3 is 9.80 Å². The smallest absolute Gasteiger partial charge is 0.252 e. The Morgan fingerprint density at radius 2 is 1.86 bits per heavy atom. The number of likely N-dealkylation sites (N-methyl/N-ethyl adjacent to an activating group) is 1. The Labute approximate surface area is 123 Å². The number of nitrogens with zero attached hydrogens (tertiary/aromatic N) is 5. The van der Waals surface area contributed by atoms with Crippen LogP contribution in [0.5, 0.6) is 0 Å². The Morgan fingerprint density at radius 3 is 2.57 bits per heavy atom. The van der Waals surface area contributed by atoms with Gasteiger partial charge in [-0.05, 0) is 26.0 Å². The zero-order chi connectivity index (χ0) is 14.4. The molecule has 1 saturated heterocycles. The summed E-state index contributed by atoms with van der Waals surface area (Å²) in [6.07, 6.45) is 3.74. The molecule has 3 heterocycles. The van der Waals surface area contributed by atoms with E-state index in [-0.39, 0.29) is 5.56 Å². The molecule has 110 valence electrons. The minimum absolute atomic E-state index is 0.0491. The van der Waals surface area contributed by atoms with Crippen LogP contribution in [0.15, 0.2) is 23.3 Å². The van der Waals surface area contributed by atoms with Crippen LogP contribution in [-0.4, -0.2) is 52.7 Å². The van der Waals surface area contributed by atoms with Crippen LogP contribution < -0.4 is 10.5 Å². The molecular formula is C15H19N5O. The van der Waals surface area contributed by atoms with Crippen LogP contribution in [0.4, 0.5) is 5.82 Å². The lowest BCUT2D eigenvalue weighted by Gasteiger charge is -2.33. The predicted octanol–water partition coefficient (Wildman–Crippen LogP) is 0.878. The first-order valence-electron chi connectivity index (χ1n) is 7.54. The van der Waals surface area contributed by atoms with Gasteiger partial charge in [-0.2, -0.15) is 0 Å². The molecule has 0 atom stereocenters. The summed E-state index contributed by atoms with van der Waals surface area (Å²) in [5.41, 5.74) is 0.835. The Kier molecular flexibility index (Phi) is 2.92.